The molecule has 0 aliphatic rings. The van der Waals surface area contributed by atoms with Gasteiger partial charge in [0.05, 0.1) is 11.0 Å². The second-order valence-corrected chi connectivity index (χ2v) is 6.33. The van der Waals surface area contributed by atoms with Gasteiger partial charge in [0.2, 0.25) is 0 Å². The van der Waals surface area contributed by atoms with E-state index in [4.69, 9.17) is 23.8 Å². The standard InChI is InChI=1S/C17H18ClN3O2S/c1-11-7-8-14(10-16(11)18)19-17(24)20(3)12(2)13-5-4-6-15(9-13)21(22)23/h4-10,12H,1-3H3,(H,19,24)/t12-/m1/s1. The van der Waals surface area contributed by atoms with Gasteiger partial charge in [0.15, 0.2) is 5.11 Å². The van der Waals surface area contributed by atoms with Crippen molar-refractivity contribution in [3.63, 3.8) is 0 Å². The maximum atomic E-state index is 10.9. The Balaban J connectivity index is 2.13. The third-order valence-electron chi connectivity index (χ3n) is 3.89. The highest BCUT2D eigenvalue weighted by Crippen LogP contribution is 2.25. The summed E-state index contributed by atoms with van der Waals surface area (Å²) in [6.45, 7) is 3.87. The minimum Gasteiger partial charge on any atom is -0.345 e. The summed E-state index contributed by atoms with van der Waals surface area (Å²) in [5.41, 5.74) is 2.68. The molecule has 7 heteroatoms. The number of aryl methyl sites for hydroxylation is 1. The molecule has 2 aromatic carbocycles. The maximum Gasteiger partial charge on any atom is 0.269 e. The van der Waals surface area contributed by atoms with Crippen LogP contribution in [-0.2, 0) is 0 Å². The fraction of sp³-hybridized carbons (Fsp3) is 0.235. The van der Waals surface area contributed by atoms with E-state index in [1.54, 1.807) is 12.1 Å². The Bertz CT molecular complexity index is 782. The van der Waals surface area contributed by atoms with Crippen molar-refractivity contribution in [3.05, 3.63) is 68.7 Å². The SMILES string of the molecule is Cc1ccc(NC(=S)N(C)[C@H](C)c2cccc([N+](=O)[O-])c2)cc1Cl. The normalized spacial score (nSPS) is 11.7. The molecule has 0 saturated heterocycles. The summed E-state index contributed by atoms with van der Waals surface area (Å²) in [5, 5.41) is 15.2. The summed E-state index contributed by atoms with van der Waals surface area (Å²) in [4.78, 5) is 12.4. The van der Waals surface area contributed by atoms with Crippen LogP contribution in [0, 0.1) is 17.0 Å². The Morgan fingerprint density at radius 1 is 1.33 bits per heavy atom. The lowest BCUT2D eigenvalue weighted by Gasteiger charge is -2.28. The predicted octanol–water partition coefficient (Wildman–Crippen LogP) is 4.95. The minimum absolute atomic E-state index is 0.0666. The van der Waals surface area contributed by atoms with E-state index in [0.717, 1.165) is 16.8 Å². The first-order chi connectivity index (χ1) is 11.3. The Hall–Kier alpha value is -2.18. The molecule has 0 amide bonds. The van der Waals surface area contributed by atoms with Crippen molar-refractivity contribution in [2.24, 2.45) is 0 Å². The lowest BCUT2D eigenvalue weighted by molar-refractivity contribution is -0.384. The van der Waals surface area contributed by atoms with E-state index in [9.17, 15) is 10.1 Å². The number of hydrogen-bond acceptors (Lipinski definition) is 3. The third-order valence-corrected chi connectivity index (χ3v) is 4.69. The molecule has 0 saturated carbocycles. The smallest absolute Gasteiger partial charge is 0.269 e. The first-order valence-corrected chi connectivity index (χ1v) is 8.12. The Kier molecular flexibility index (Phi) is 5.75. The molecule has 0 radical (unpaired) electrons. The van der Waals surface area contributed by atoms with Crippen molar-refractivity contribution in [3.8, 4) is 0 Å². The van der Waals surface area contributed by atoms with Crippen LogP contribution >= 0.6 is 23.8 Å². The molecule has 0 heterocycles. The molecule has 0 fully saturated rings. The molecule has 0 aliphatic carbocycles. The summed E-state index contributed by atoms with van der Waals surface area (Å²) in [5.74, 6) is 0. The van der Waals surface area contributed by atoms with Gasteiger partial charge < -0.3 is 10.2 Å². The van der Waals surface area contributed by atoms with Gasteiger partial charge in [-0.1, -0.05) is 29.8 Å². The van der Waals surface area contributed by atoms with Crippen LogP contribution in [0.4, 0.5) is 11.4 Å². The number of thiocarbonyl (C=S) groups is 1. The number of hydrogen-bond donors (Lipinski definition) is 1. The van der Waals surface area contributed by atoms with Gasteiger partial charge in [0.25, 0.3) is 5.69 Å². The van der Waals surface area contributed by atoms with Crippen LogP contribution in [0.25, 0.3) is 0 Å². The number of nitro benzene ring substituents is 1. The maximum absolute atomic E-state index is 10.9. The average molecular weight is 364 g/mol. The molecule has 2 rings (SSSR count). The quantitative estimate of drug-likeness (QED) is 0.473. The monoisotopic (exact) mass is 363 g/mol. The van der Waals surface area contributed by atoms with E-state index in [1.807, 2.05) is 50.1 Å². The first-order valence-electron chi connectivity index (χ1n) is 7.34. The summed E-state index contributed by atoms with van der Waals surface area (Å²) in [7, 11) is 1.84. The van der Waals surface area contributed by atoms with Gasteiger partial charge in [0, 0.05) is 29.9 Å². The number of non-ortho nitro benzene ring substituents is 1. The molecule has 2 aromatic rings. The topological polar surface area (TPSA) is 58.4 Å². The second kappa shape index (κ2) is 7.59. The van der Waals surface area contributed by atoms with Gasteiger partial charge >= 0.3 is 0 Å². The van der Waals surface area contributed by atoms with E-state index < -0.39 is 4.92 Å². The number of halogens is 1. The molecular formula is C17H18ClN3O2S. The van der Waals surface area contributed by atoms with Gasteiger partial charge in [0.1, 0.15) is 0 Å². The molecular weight excluding hydrogens is 346 g/mol. The largest absolute Gasteiger partial charge is 0.345 e. The third kappa shape index (κ3) is 4.21. The molecule has 24 heavy (non-hydrogen) atoms. The van der Waals surface area contributed by atoms with Crippen molar-refractivity contribution in [1.82, 2.24) is 4.90 Å². The van der Waals surface area contributed by atoms with Gasteiger partial charge in [-0.05, 0) is 49.3 Å². The van der Waals surface area contributed by atoms with Gasteiger partial charge in [-0.2, -0.15) is 0 Å². The molecule has 0 aromatic heterocycles. The number of nitrogens with zero attached hydrogens (tertiary/aromatic N) is 2. The Labute approximate surface area is 151 Å². The van der Waals surface area contributed by atoms with E-state index in [-0.39, 0.29) is 11.7 Å². The fourth-order valence-electron chi connectivity index (χ4n) is 2.18. The molecule has 0 unspecified atom stereocenters. The van der Waals surface area contributed by atoms with Crippen molar-refractivity contribution >= 4 is 40.3 Å². The van der Waals surface area contributed by atoms with Crippen LogP contribution in [0.2, 0.25) is 5.02 Å². The second-order valence-electron chi connectivity index (χ2n) is 5.53. The Morgan fingerprint density at radius 2 is 2.04 bits per heavy atom. The van der Waals surface area contributed by atoms with E-state index >= 15 is 0 Å². The summed E-state index contributed by atoms with van der Waals surface area (Å²) >= 11 is 11.6. The molecule has 5 nitrogen and oxygen atoms in total. The summed E-state index contributed by atoms with van der Waals surface area (Å²) < 4.78 is 0. The molecule has 1 N–H and O–H groups in total. The van der Waals surface area contributed by atoms with Crippen molar-refractivity contribution in [2.75, 3.05) is 12.4 Å². The molecule has 126 valence electrons. The highest BCUT2D eigenvalue weighted by Gasteiger charge is 2.17. The zero-order valence-electron chi connectivity index (χ0n) is 13.6. The van der Waals surface area contributed by atoms with Crippen molar-refractivity contribution < 1.29 is 4.92 Å². The summed E-state index contributed by atoms with van der Waals surface area (Å²) in [6.07, 6.45) is 0. The van der Waals surface area contributed by atoms with Crippen molar-refractivity contribution in [1.29, 1.82) is 0 Å². The van der Waals surface area contributed by atoms with E-state index in [0.29, 0.717) is 10.1 Å². The molecule has 1 atom stereocenters. The van der Waals surface area contributed by atoms with Crippen LogP contribution in [0.1, 0.15) is 24.1 Å². The van der Waals surface area contributed by atoms with Crippen LogP contribution in [-0.4, -0.2) is 22.0 Å². The summed E-state index contributed by atoms with van der Waals surface area (Å²) in [6, 6.07) is 12.1. The minimum atomic E-state index is -0.402. The van der Waals surface area contributed by atoms with Crippen LogP contribution < -0.4 is 5.32 Å². The Morgan fingerprint density at radius 3 is 2.67 bits per heavy atom. The predicted molar refractivity (Wildman–Crippen MR) is 102 cm³/mol. The van der Waals surface area contributed by atoms with Crippen molar-refractivity contribution in [2.45, 2.75) is 19.9 Å². The van der Waals surface area contributed by atoms with E-state index in [2.05, 4.69) is 5.32 Å². The van der Waals surface area contributed by atoms with E-state index in [1.165, 1.54) is 6.07 Å². The lowest BCUT2D eigenvalue weighted by atomic mass is 10.1. The molecule has 0 bridgehead atoms. The number of nitro groups is 1. The van der Waals surface area contributed by atoms with Gasteiger partial charge in [-0.25, -0.2) is 0 Å². The molecule has 0 aliphatic heterocycles. The van der Waals surface area contributed by atoms with Gasteiger partial charge in [-0.15, -0.1) is 0 Å². The number of anilines is 1. The average Bonchev–Trinajstić information content (AvgIpc) is 2.56. The molecule has 0 spiro atoms. The number of benzene rings is 2. The van der Waals surface area contributed by atoms with Gasteiger partial charge in [-0.3, -0.25) is 10.1 Å². The number of nitrogens with one attached hydrogen (secondary N) is 1. The highest BCUT2D eigenvalue weighted by atomic mass is 35.5. The van der Waals surface area contributed by atoms with Crippen LogP contribution in [0.15, 0.2) is 42.5 Å². The highest BCUT2D eigenvalue weighted by molar-refractivity contribution is 7.80. The van der Waals surface area contributed by atoms with Crippen LogP contribution in [0.3, 0.4) is 0 Å². The lowest BCUT2D eigenvalue weighted by Crippen LogP contribution is -2.33. The zero-order chi connectivity index (χ0) is 17.9. The zero-order valence-corrected chi connectivity index (χ0v) is 15.2. The number of rotatable bonds is 4. The fourth-order valence-corrected chi connectivity index (χ4v) is 2.64. The van der Waals surface area contributed by atoms with Crippen LogP contribution in [0.5, 0.6) is 0 Å². The first kappa shape index (κ1) is 18.2.